The quantitative estimate of drug-likeness (QED) is 0.528. The first kappa shape index (κ1) is 4.99. The fraction of sp³-hybridized carbons (Fsp3) is 0.143. The minimum Gasteiger partial charge on any atom is -0.507 e. The van der Waals surface area contributed by atoms with E-state index < -0.39 is 0 Å². The molecule has 0 unspecified atom stereocenters. The summed E-state index contributed by atoms with van der Waals surface area (Å²) < 4.78 is 0. The van der Waals surface area contributed by atoms with Crippen molar-refractivity contribution in [1.29, 1.82) is 0 Å². The summed E-state index contributed by atoms with van der Waals surface area (Å²) in [7, 11) is 0. The lowest BCUT2D eigenvalue weighted by Gasteiger charge is -1.88. The van der Waals surface area contributed by atoms with Crippen LogP contribution in [0.15, 0.2) is 12.1 Å². The lowest BCUT2D eigenvalue weighted by Crippen LogP contribution is -1.66. The van der Waals surface area contributed by atoms with E-state index in [1.165, 1.54) is 6.07 Å². The standard InChI is InChI=1S/C7H6O/c1-6-4-2-3-5-7(6)8/h4-5,8H,1H3. The van der Waals surface area contributed by atoms with Gasteiger partial charge in [-0.3, -0.25) is 0 Å². The van der Waals surface area contributed by atoms with Gasteiger partial charge in [-0.2, -0.15) is 0 Å². The zero-order valence-corrected chi connectivity index (χ0v) is 4.60. The lowest BCUT2D eigenvalue weighted by atomic mass is 10.2. The van der Waals surface area contributed by atoms with Gasteiger partial charge in [-0.1, -0.05) is 12.1 Å². The topological polar surface area (TPSA) is 20.2 Å². The van der Waals surface area contributed by atoms with Crippen LogP contribution in [0.2, 0.25) is 0 Å². The molecule has 0 aliphatic carbocycles. The molecule has 0 fully saturated rings. The molecule has 1 rings (SSSR count). The third kappa shape index (κ3) is 0.737. The van der Waals surface area contributed by atoms with Crippen molar-refractivity contribution in [3.8, 4) is 5.75 Å². The summed E-state index contributed by atoms with van der Waals surface area (Å²) in [5.41, 5.74) is 0.837. The Bertz CT molecular complexity index is 160. The normalized spacial score (nSPS) is 8.12. The Balaban J connectivity index is 3.13. The van der Waals surface area contributed by atoms with Crippen molar-refractivity contribution >= 4 is 0 Å². The van der Waals surface area contributed by atoms with E-state index >= 15 is 0 Å². The molecule has 0 radical (unpaired) electrons. The van der Waals surface area contributed by atoms with E-state index in [1.54, 1.807) is 6.07 Å². The minimum absolute atomic E-state index is 0.281. The summed E-state index contributed by atoms with van der Waals surface area (Å²) in [6.07, 6.45) is 0. The van der Waals surface area contributed by atoms with Gasteiger partial charge >= 0.3 is 0 Å². The second-order valence-corrected chi connectivity index (χ2v) is 1.65. The van der Waals surface area contributed by atoms with Crippen LogP contribution >= 0.6 is 0 Å². The predicted molar refractivity (Wildman–Crippen MR) is 30.5 cm³/mol. The highest BCUT2D eigenvalue weighted by molar-refractivity contribution is 5.26. The van der Waals surface area contributed by atoms with Crippen LogP contribution in [0.1, 0.15) is 5.56 Å². The van der Waals surface area contributed by atoms with Crippen LogP contribution in [-0.4, -0.2) is 5.11 Å². The van der Waals surface area contributed by atoms with Gasteiger partial charge in [-0.05, 0) is 18.6 Å². The summed E-state index contributed by atoms with van der Waals surface area (Å²) in [4.78, 5) is 0. The Labute approximate surface area is 48.6 Å². The van der Waals surface area contributed by atoms with Gasteiger partial charge in [-0.15, -0.1) is 0 Å². The zero-order valence-electron chi connectivity index (χ0n) is 4.60. The van der Waals surface area contributed by atoms with E-state index in [0.717, 1.165) is 5.56 Å². The third-order valence-corrected chi connectivity index (χ3v) is 0.985. The molecule has 1 nitrogen and oxygen atoms in total. The molecule has 0 heterocycles. The first-order valence-corrected chi connectivity index (χ1v) is 2.38. The van der Waals surface area contributed by atoms with Crippen LogP contribution in [0.5, 0.6) is 5.75 Å². The molecule has 1 heteroatoms. The van der Waals surface area contributed by atoms with Crippen molar-refractivity contribution in [1.82, 2.24) is 0 Å². The van der Waals surface area contributed by atoms with Gasteiger partial charge in [0, 0.05) is 6.07 Å². The molecule has 1 aromatic rings. The van der Waals surface area contributed by atoms with E-state index in [4.69, 9.17) is 5.11 Å². The molecule has 1 N–H and O–H groups in total. The van der Waals surface area contributed by atoms with Gasteiger partial charge in [0.1, 0.15) is 5.75 Å². The molecule has 0 bridgehead atoms. The second-order valence-electron chi connectivity index (χ2n) is 1.65. The number of aromatic hydroxyl groups is 1. The molecule has 40 valence electrons. The predicted octanol–water partition coefficient (Wildman–Crippen LogP) is 1.30. The van der Waals surface area contributed by atoms with Crippen LogP contribution < -0.4 is 0 Å². The first-order valence-electron chi connectivity index (χ1n) is 2.38. The average Bonchev–Trinajstić information content (AvgIpc) is 1.77. The van der Waals surface area contributed by atoms with E-state index in [0.29, 0.717) is 0 Å². The molecule has 0 amide bonds. The van der Waals surface area contributed by atoms with Gasteiger partial charge in [0.25, 0.3) is 0 Å². The van der Waals surface area contributed by atoms with E-state index in [9.17, 15) is 0 Å². The van der Waals surface area contributed by atoms with Gasteiger partial charge in [0.2, 0.25) is 0 Å². The van der Waals surface area contributed by atoms with Crippen molar-refractivity contribution in [3.63, 3.8) is 0 Å². The molecule has 0 spiro atoms. The van der Waals surface area contributed by atoms with Crippen molar-refractivity contribution < 1.29 is 5.11 Å². The maximum absolute atomic E-state index is 8.87. The summed E-state index contributed by atoms with van der Waals surface area (Å²) in [5, 5.41) is 8.87. The highest BCUT2D eigenvalue weighted by Crippen LogP contribution is 2.09. The SMILES string of the molecule is Cc1cc#ccc1O. The molecule has 0 aliphatic heterocycles. The maximum atomic E-state index is 8.87. The second kappa shape index (κ2) is 1.75. The molecule has 1 aromatic carbocycles. The van der Waals surface area contributed by atoms with Crippen LogP contribution in [0, 0.1) is 19.1 Å². The molecule has 8 heavy (non-hydrogen) atoms. The third-order valence-electron chi connectivity index (χ3n) is 0.985. The monoisotopic (exact) mass is 106 g/mol. The molecule has 0 saturated carbocycles. The van der Waals surface area contributed by atoms with Gasteiger partial charge in [0.15, 0.2) is 0 Å². The summed E-state index contributed by atoms with van der Waals surface area (Å²) >= 11 is 0. The minimum atomic E-state index is 0.281. The largest absolute Gasteiger partial charge is 0.507 e. The summed E-state index contributed by atoms with van der Waals surface area (Å²) in [6, 6.07) is 8.53. The van der Waals surface area contributed by atoms with E-state index in [2.05, 4.69) is 12.1 Å². The Morgan fingerprint density at radius 1 is 1.38 bits per heavy atom. The van der Waals surface area contributed by atoms with Crippen molar-refractivity contribution in [2.45, 2.75) is 6.92 Å². The smallest absolute Gasteiger partial charge is 0.127 e. The Morgan fingerprint density at radius 2 is 2.00 bits per heavy atom. The molecule has 0 aliphatic rings. The van der Waals surface area contributed by atoms with Gasteiger partial charge < -0.3 is 5.11 Å². The van der Waals surface area contributed by atoms with Crippen LogP contribution in [0.4, 0.5) is 0 Å². The van der Waals surface area contributed by atoms with Gasteiger partial charge in [-0.25, -0.2) is 0 Å². The first-order chi connectivity index (χ1) is 3.80. The van der Waals surface area contributed by atoms with Crippen LogP contribution in [-0.2, 0) is 0 Å². The van der Waals surface area contributed by atoms with E-state index in [1.807, 2.05) is 6.92 Å². The fourth-order valence-electron chi connectivity index (χ4n) is 0.448. The van der Waals surface area contributed by atoms with Crippen molar-refractivity contribution in [3.05, 3.63) is 29.8 Å². The summed E-state index contributed by atoms with van der Waals surface area (Å²) in [5.74, 6) is 0.281. The molecule has 0 saturated heterocycles. The Kier molecular flexibility index (Phi) is 1.09. The average molecular weight is 106 g/mol. The number of rotatable bonds is 0. The number of hydrogen-bond donors (Lipinski definition) is 1. The lowest BCUT2D eigenvalue weighted by molar-refractivity contribution is 0.471. The highest BCUT2D eigenvalue weighted by Gasteiger charge is 1.86. The number of aryl methyl sites for hydroxylation is 1. The fourth-order valence-corrected chi connectivity index (χ4v) is 0.448. The Morgan fingerprint density at radius 3 is 2.38 bits per heavy atom. The van der Waals surface area contributed by atoms with Crippen LogP contribution in [0.25, 0.3) is 0 Å². The molecule has 0 atom stereocenters. The van der Waals surface area contributed by atoms with Crippen molar-refractivity contribution in [2.24, 2.45) is 0 Å². The molecular formula is C7H6O. The Hall–Kier alpha value is -1.16. The van der Waals surface area contributed by atoms with Gasteiger partial charge in [0.05, 0.1) is 0 Å². The molecule has 0 aromatic heterocycles. The maximum Gasteiger partial charge on any atom is 0.127 e. The molecular weight excluding hydrogens is 100 g/mol. The number of hydrogen-bond acceptors (Lipinski definition) is 1. The van der Waals surface area contributed by atoms with Crippen molar-refractivity contribution in [2.75, 3.05) is 0 Å². The summed E-state index contributed by atoms with van der Waals surface area (Å²) in [6.45, 7) is 1.82. The van der Waals surface area contributed by atoms with E-state index in [-0.39, 0.29) is 5.75 Å². The zero-order chi connectivity index (χ0) is 5.98. The van der Waals surface area contributed by atoms with Crippen LogP contribution in [0.3, 0.4) is 0 Å². The highest BCUT2D eigenvalue weighted by atomic mass is 16.3.